The minimum absolute atomic E-state index is 0.468. The molecule has 0 radical (unpaired) electrons. The van der Waals surface area contributed by atoms with Gasteiger partial charge in [-0.05, 0) is 49.9 Å². The van der Waals surface area contributed by atoms with E-state index in [0.717, 1.165) is 5.92 Å². The molecular weight excluding hydrogens is 274 g/mol. The van der Waals surface area contributed by atoms with Crippen LogP contribution in [0, 0.1) is 19.8 Å². The van der Waals surface area contributed by atoms with Crippen LogP contribution in [0.3, 0.4) is 0 Å². The highest BCUT2D eigenvalue weighted by Gasteiger charge is 2.14. The van der Waals surface area contributed by atoms with Gasteiger partial charge >= 0.3 is 0 Å². The maximum absolute atomic E-state index is 3.63. The second-order valence-corrected chi connectivity index (χ2v) is 5.85. The molecule has 0 amide bonds. The average molecular weight is 298 g/mol. The third kappa shape index (κ3) is 3.82. The Labute approximate surface area is 114 Å². The quantitative estimate of drug-likeness (QED) is 0.826. The highest BCUT2D eigenvalue weighted by molar-refractivity contribution is 9.10. The van der Waals surface area contributed by atoms with Crippen molar-refractivity contribution in [3.05, 3.63) is 33.3 Å². The Balaban J connectivity index is 2.96. The summed E-state index contributed by atoms with van der Waals surface area (Å²) in [4.78, 5) is 0. The van der Waals surface area contributed by atoms with Gasteiger partial charge in [-0.3, -0.25) is 0 Å². The zero-order chi connectivity index (χ0) is 13.0. The van der Waals surface area contributed by atoms with Crippen LogP contribution in [0.15, 0.2) is 16.6 Å². The largest absolute Gasteiger partial charge is 0.313 e. The fraction of sp³-hybridized carbons (Fsp3) is 0.600. The lowest BCUT2D eigenvalue weighted by atomic mass is 9.92. The fourth-order valence-corrected chi connectivity index (χ4v) is 2.40. The standard InChI is InChI=1S/C15H24BrN/c1-6-10(2)7-14(17-5)13-8-11(3)15(16)12(4)9-13/h8-10,14,17H,6-7H2,1-5H3. The van der Waals surface area contributed by atoms with E-state index in [-0.39, 0.29) is 0 Å². The van der Waals surface area contributed by atoms with E-state index in [4.69, 9.17) is 0 Å². The number of hydrogen-bond donors (Lipinski definition) is 1. The van der Waals surface area contributed by atoms with Crippen molar-refractivity contribution in [3.63, 3.8) is 0 Å². The number of halogens is 1. The van der Waals surface area contributed by atoms with Crippen LogP contribution in [-0.2, 0) is 0 Å². The van der Waals surface area contributed by atoms with Crippen molar-refractivity contribution in [2.24, 2.45) is 5.92 Å². The molecule has 1 aromatic carbocycles. The summed E-state index contributed by atoms with van der Waals surface area (Å²) in [6.07, 6.45) is 2.44. The van der Waals surface area contributed by atoms with Crippen molar-refractivity contribution in [3.8, 4) is 0 Å². The summed E-state index contributed by atoms with van der Waals surface area (Å²) in [6.45, 7) is 8.91. The number of hydrogen-bond acceptors (Lipinski definition) is 1. The summed E-state index contributed by atoms with van der Waals surface area (Å²) in [6, 6.07) is 5.05. The second-order valence-electron chi connectivity index (χ2n) is 5.06. The third-order valence-electron chi connectivity index (χ3n) is 3.54. The highest BCUT2D eigenvalue weighted by atomic mass is 79.9. The maximum Gasteiger partial charge on any atom is 0.0320 e. The van der Waals surface area contributed by atoms with Crippen LogP contribution in [0.2, 0.25) is 0 Å². The molecule has 0 saturated carbocycles. The Kier molecular flexibility index (Phi) is 5.68. The summed E-state index contributed by atoms with van der Waals surface area (Å²) in [5, 5.41) is 3.44. The van der Waals surface area contributed by atoms with Crippen LogP contribution in [0.1, 0.15) is 49.4 Å². The first-order valence-corrected chi connectivity index (χ1v) is 7.22. The molecule has 2 unspecified atom stereocenters. The molecule has 0 aliphatic rings. The number of nitrogens with one attached hydrogen (secondary N) is 1. The molecule has 0 bridgehead atoms. The van der Waals surface area contributed by atoms with Crippen LogP contribution in [0.5, 0.6) is 0 Å². The van der Waals surface area contributed by atoms with Crippen molar-refractivity contribution in [2.75, 3.05) is 7.05 Å². The topological polar surface area (TPSA) is 12.0 Å². The van der Waals surface area contributed by atoms with Crippen molar-refractivity contribution >= 4 is 15.9 Å². The lowest BCUT2D eigenvalue weighted by Crippen LogP contribution is -2.19. The first-order chi connectivity index (χ1) is 7.99. The van der Waals surface area contributed by atoms with Gasteiger partial charge in [0.05, 0.1) is 0 Å². The Morgan fingerprint density at radius 3 is 2.18 bits per heavy atom. The molecule has 1 nitrogen and oxygen atoms in total. The van der Waals surface area contributed by atoms with Crippen LogP contribution < -0.4 is 5.32 Å². The molecule has 0 saturated heterocycles. The SMILES string of the molecule is CCC(C)CC(NC)c1cc(C)c(Br)c(C)c1. The summed E-state index contributed by atoms with van der Waals surface area (Å²) in [5.74, 6) is 0.761. The first-order valence-electron chi connectivity index (χ1n) is 6.43. The van der Waals surface area contributed by atoms with Gasteiger partial charge in [0.2, 0.25) is 0 Å². The van der Waals surface area contributed by atoms with Gasteiger partial charge in [-0.25, -0.2) is 0 Å². The molecule has 2 atom stereocenters. The van der Waals surface area contributed by atoms with Crippen LogP contribution in [-0.4, -0.2) is 7.05 Å². The maximum atomic E-state index is 3.63. The fourth-order valence-electron chi connectivity index (χ4n) is 2.17. The Morgan fingerprint density at radius 2 is 1.76 bits per heavy atom. The smallest absolute Gasteiger partial charge is 0.0320 e. The van der Waals surface area contributed by atoms with Crippen molar-refractivity contribution in [1.82, 2.24) is 5.32 Å². The van der Waals surface area contributed by atoms with Crippen molar-refractivity contribution in [2.45, 2.75) is 46.6 Å². The lowest BCUT2D eigenvalue weighted by molar-refractivity contribution is 0.421. The van der Waals surface area contributed by atoms with Crippen LogP contribution >= 0.6 is 15.9 Å². The highest BCUT2D eigenvalue weighted by Crippen LogP contribution is 2.28. The Morgan fingerprint density at radius 1 is 1.24 bits per heavy atom. The van der Waals surface area contributed by atoms with Gasteiger partial charge in [0.25, 0.3) is 0 Å². The summed E-state index contributed by atoms with van der Waals surface area (Å²) >= 11 is 3.63. The van der Waals surface area contributed by atoms with Crippen molar-refractivity contribution < 1.29 is 0 Å². The number of rotatable bonds is 5. The van der Waals surface area contributed by atoms with Gasteiger partial charge in [0.1, 0.15) is 0 Å². The van der Waals surface area contributed by atoms with E-state index >= 15 is 0 Å². The molecule has 0 fully saturated rings. The minimum Gasteiger partial charge on any atom is -0.313 e. The van der Waals surface area contributed by atoms with Gasteiger partial charge in [-0.15, -0.1) is 0 Å². The predicted molar refractivity (Wildman–Crippen MR) is 79.5 cm³/mol. The third-order valence-corrected chi connectivity index (χ3v) is 4.80. The molecule has 17 heavy (non-hydrogen) atoms. The van der Waals surface area contributed by atoms with Crippen LogP contribution in [0.4, 0.5) is 0 Å². The van der Waals surface area contributed by atoms with E-state index in [0.29, 0.717) is 6.04 Å². The molecule has 96 valence electrons. The van der Waals surface area contributed by atoms with E-state index in [2.05, 4.69) is 68.1 Å². The average Bonchev–Trinajstić information content (AvgIpc) is 2.31. The number of benzene rings is 1. The zero-order valence-corrected chi connectivity index (χ0v) is 13.2. The minimum atomic E-state index is 0.468. The van der Waals surface area contributed by atoms with Gasteiger partial charge in [0, 0.05) is 10.5 Å². The molecule has 0 heterocycles. The summed E-state index contributed by atoms with van der Waals surface area (Å²) in [7, 11) is 2.06. The first kappa shape index (κ1) is 14.7. The predicted octanol–water partition coefficient (Wildman–Crippen LogP) is 4.76. The molecule has 0 spiro atoms. The van der Waals surface area contributed by atoms with E-state index in [9.17, 15) is 0 Å². The molecule has 0 aliphatic carbocycles. The van der Waals surface area contributed by atoms with Crippen LogP contribution in [0.25, 0.3) is 0 Å². The van der Waals surface area contributed by atoms with Gasteiger partial charge in [-0.1, -0.05) is 48.3 Å². The van der Waals surface area contributed by atoms with Crippen molar-refractivity contribution in [1.29, 1.82) is 0 Å². The molecule has 1 N–H and O–H groups in total. The van der Waals surface area contributed by atoms with Gasteiger partial charge < -0.3 is 5.32 Å². The summed E-state index contributed by atoms with van der Waals surface area (Å²) in [5.41, 5.74) is 4.06. The molecular formula is C15H24BrN. The molecule has 0 aromatic heterocycles. The monoisotopic (exact) mass is 297 g/mol. The molecule has 1 rings (SSSR count). The van der Waals surface area contributed by atoms with E-state index in [1.165, 1.54) is 34.0 Å². The molecule has 0 aliphatic heterocycles. The van der Waals surface area contributed by atoms with Gasteiger partial charge in [-0.2, -0.15) is 0 Å². The Bertz CT molecular complexity index is 350. The van der Waals surface area contributed by atoms with E-state index in [1.54, 1.807) is 0 Å². The Hall–Kier alpha value is -0.340. The van der Waals surface area contributed by atoms with E-state index in [1.807, 2.05) is 0 Å². The molecule has 2 heteroatoms. The number of aryl methyl sites for hydroxylation is 2. The normalized spacial score (nSPS) is 14.7. The summed E-state index contributed by atoms with van der Waals surface area (Å²) < 4.78 is 1.24. The molecule has 1 aromatic rings. The second kappa shape index (κ2) is 6.55. The van der Waals surface area contributed by atoms with E-state index < -0.39 is 0 Å². The zero-order valence-electron chi connectivity index (χ0n) is 11.6. The van der Waals surface area contributed by atoms with Gasteiger partial charge in [0.15, 0.2) is 0 Å². The lowest BCUT2D eigenvalue weighted by Gasteiger charge is -2.21.